The third-order valence-electron chi connectivity index (χ3n) is 5.12. The van der Waals surface area contributed by atoms with Gasteiger partial charge in [0.05, 0.1) is 11.5 Å². The van der Waals surface area contributed by atoms with Crippen molar-refractivity contribution in [2.75, 3.05) is 32.8 Å². The van der Waals surface area contributed by atoms with E-state index in [0.717, 1.165) is 12.1 Å². The van der Waals surface area contributed by atoms with Crippen LogP contribution in [0.4, 0.5) is 13.2 Å². The van der Waals surface area contributed by atoms with Gasteiger partial charge < -0.3 is 14.4 Å². The molecule has 34 heavy (non-hydrogen) atoms. The van der Waals surface area contributed by atoms with Crippen LogP contribution in [0.3, 0.4) is 0 Å². The monoisotopic (exact) mass is 498 g/mol. The molecule has 0 bridgehead atoms. The van der Waals surface area contributed by atoms with Gasteiger partial charge in [-0.25, -0.2) is 12.8 Å². The number of sulfonamides is 1. The van der Waals surface area contributed by atoms with Gasteiger partial charge in [0.2, 0.25) is 15.9 Å². The van der Waals surface area contributed by atoms with Crippen LogP contribution < -0.4 is 9.47 Å². The highest BCUT2D eigenvalue weighted by Gasteiger charge is 2.27. The first-order valence-corrected chi connectivity index (χ1v) is 12.1. The molecule has 2 aromatic carbocycles. The maximum Gasteiger partial charge on any atom is 0.387 e. The van der Waals surface area contributed by atoms with Crippen LogP contribution in [0.1, 0.15) is 18.9 Å². The molecule has 0 radical (unpaired) electrons. The van der Waals surface area contributed by atoms with E-state index in [-0.39, 0.29) is 48.5 Å². The zero-order chi connectivity index (χ0) is 24.7. The van der Waals surface area contributed by atoms with Crippen molar-refractivity contribution in [3.05, 3.63) is 59.9 Å². The molecule has 1 amide bonds. The Labute approximate surface area is 196 Å². The van der Waals surface area contributed by atoms with E-state index in [0.29, 0.717) is 18.5 Å². The Morgan fingerprint density at radius 3 is 2.47 bits per heavy atom. The van der Waals surface area contributed by atoms with Crippen molar-refractivity contribution in [2.45, 2.75) is 24.9 Å². The van der Waals surface area contributed by atoms with Crippen molar-refractivity contribution in [2.24, 2.45) is 0 Å². The Morgan fingerprint density at radius 1 is 1.06 bits per heavy atom. The van der Waals surface area contributed by atoms with Gasteiger partial charge >= 0.3 is 6.61 Å². The minimum Gasteiger partial charge on any atom is -0.490 e. The average molecular weight is 499 g/mol. The fourth-order valence-corrected chi connectivity index (χ4v) is 4.94. The third-order valence-corrected chi connectivity index (χ3v) is 7.03. The fourth-order valence-electron chi connectivity index (χ4n) is 3.47. The number of rotatable bonds is 8. The zero-order valence-electron chi connectivity index (χ0n) is 18.5. The molecular formula is C23H25F3N2O5S. The summed E-state index contributed by atoms with van der Waals surface area (Å²) in [7, 11) is -3.80. The second-order valence-corrected chi connectivity index (χ2v) is 9.33. The van der Waals surface area contributed by atoms with Crippen molar-refractivity contribution in [1.82, 2.24) is 9.21 Å². The van der Waals surface area contributed by atoms with Gasteiger partial charge in [0, 0.05) is 32.3 Å². The maximum atomic E-state index is 13.1. The Kier molecular flexibility index (Phi) is 8.56. The smallest absolute Gasteiger partial charge is 0.387 e. The molecule has 1 aliphatic heterocycles. The van der Waals surface area contributed by atoms with Crippen molar-refractivity contribution < 1.29 is 35.9 Å². The summed E-state index contributed by atoms with van der Waals surface area (Å²) < 4.78 is 75.0. The molecule has 7 nitrogen and oxygen atoms in total. The van der Waals surface area contributed by atoms with Crippen molar-refractivity contribution in [1.29, 1.82) is 0 Å². The summed E-state index contributed by atoms with van der Waals surface area (Å²) in [4.78, 5) is 14.2. The lowest BCUT2D eigenvalue weighted by atomic mass is 10.2. The SMILES string of the molecule is CCOc1cc(/C=C/C(=O)N2CCCN(S(=O)(=O)c3ccc(F)cc3)CC2)ccc1OC(F)F. The van der Waals surface area contributed by atoms with E-state index in [9.17, 15) is 26.4 Å². The van der Waals surface area contributed by atoms with Gasteiger partial charge in [-0.05, 0) is 61.4 Å². The van der Waals surface area contributed by atoms with Gasteiger partial charge in [0.25, 0.3) is 0 Å². The fraction of sp³-hybridized carbons (Fsp3) is 0.348. The van der Waals surface area contributed by atoms with Crippen LogP contribution in [-0.4, -0.2) is 62.9 Å². The molecule has 1 fully saturated rings. The van der Waals surface area contributed by atoms with E-state index in [2.05, 4.69) is 4.74 Å². The van der Waals surface area contributed by atoms with E-state index in [4.69, 9.17) is 4.74 Å². The van der Waals surface area contributed by atoms with Crippen LogP contribution in [0.2, 0.25) is 0 Å². The summed E-state index contributed by atoms with van der Waals surface area (Å²) >= 11 is 0. The van der Waals surface area contributed by atoms with Crippen molar-refractivity contribution in [3.8, 4) is 11.5 Å². The summed E-state index contributed by atoms with van der Waals surface area (Å²) in [6, 6.07) is 8.97. The number of benzene rings is 2. The summed E-state index contributed by atoms with van der Waals surface area (Å²) in [5.74, 6) is -0.807. The molecule has 184 valence electrons. The number of hydrogen-bond acceptors (Lipinski definition) is 5. The lowest BCUT2D eigenvalue weighted by Crippen LogP contribution is -2.36. The molecule has 0 saturated carbocycles. The van der Waals surface area contributed by atoms with Crippen molar-refractivity contribution >= 4 is 22.0 Å². The molecule has 1 heterocycles. The number of halogens is 3. The van der Waals surface area contributed by atoms with E-state index in [1.165, 1.54) is 51.7 Å². The minimum absolute atomic E-state index is 0.00190. The maximum absolute atomic E-state index is 13.1. The van der Waals surface area contributed by atoms with E-state index < -0.39 is 22.5 Å². The molecule has 0 atom stereocenters. The van der Waals surface area contributed by atoms with Gasteiger partial charge in [0.1, 0.15) is 5.82 Å². The normalized spacial score (nSPS) is 15.5. The van der Waals surface area contributed by atoms with Gasteiger partial charge in [0.15, 0.2) is 11.5 Å². The molecule has 0 unspecified atom stereocenters. The first-order valence-electron chi connectivity index (χ1n) is 10.6. The molecule has 11 heteroatoms. The summed E-state index contributed by atoms with van der Waals surface area (Å²) in [5.41, 5.74) is 0.550. The third kappa shape index (κ3) is 6.51. The summed E-state index contributed by atoms with van der Waals surface area (Å²) in [5, 5.41) is 0. The Morgan fingerprint density at radius 2 is 1.79 bits per heavy atom. The number of nitrogens with zero attached hydrogens (tertiary/aromatic N) is 2. The molecule has 1 aliphatic rings. The first kappa shape index (κ1) is 25.6. The Bertz CT molecular complexity index is 1120. The van der Waals surface area contributed by atoms with Gasteiger partial charge in [-0.3, -0.25) is 4.79 Å². The zero-order valence-corrected chi connectivity index (χ0v) is 19.3. The van der Waals surface area contributed by atoms with Crippen LogP contribution in [0.15, 0.2) is 53.4 Å². The van der Waals surface area contributed by atoms with E-state index in [1.54, 1.807) is 6.92 Å². The predicted molar refractivity (Wildman–Crippen MR) is 120 cm³/mol. The number of hydrogen-bond donors (Lipinski definition) is 0. The lowest BCUT2D eigenvalue weighted by Gasteiger charge is -2.21. The second kappa shape index (κ2) is 11.4. The molecule has 3 rings (SSSR count). The quantitative estimate of drug-likeness (QED) is 0.518. The highest BCUT2D eigenvalue weighted by atomic mass is 32.2. The van der Waals surface area contributed by atoms with Crippen LogP contribution in [-0.2, 0) is 14.8 Å². The topological polar surface area (TPSA) is 76.2 Å². The average Bonchev–Trinajstić information content (AvgIpc) is 3.06. The Hall–Kier alpha value is -3.05. The molecule has 0 aliphatic carbocycles. The summed E-state index contributed by atoms with van der Waals surface area (Å²) in [6.45, 7) is -0.145. The largest absolute Gasteiger partial charge is 0.490 e. The van der Waals surface area contributed by atoms with Gasteiger partial charge in [-0.2, -0.15) is 13.1 Å². The van der Waals surface area contributed by atoms with Crippen LogP contribution in [0.25, 0.3) is 6.08 Å². The highest BCUT2D eigenvalue weighted by Crippen LogP contribution is 2.30. The predicted octanol–water partition coefficient (Wildman–Crippen LogP) is 3.76. The standard InChI is InChI=1S/C23H25F3N2O5S/c1-2-32-21-16-17(4-10-20(21)33-23(25)26)5-11-22(29)27-12-3-13-28(15-14-27)34(30,31)19-8-6-18(24)7-9-19/h4-11,16,23H,2-3,12-15H2,1H3/b11-5+. The first-order chi connectivity index (χ1) is 16.2. The van der Waals surface area contributed by atoms with E-state index in [1.807, 2.05) is 0 Å². The molecular weight excluding hydrogens is 473 g/mol. The molecule has 2 aromatic rings. The molecule has 0 spiro atoms. The Balaban J connectivity index is 1.66. The minimum atomic E-state index is -3.80. The number of carbonyl (C=O) groups excluding carboxylic acids is 1. The van der Waals surface area contributed by atoms with Crippen molar-refractivity contribution in [3.63, 3.8) is 0 Å². The van der Waals surface area contributed by atoms with Crippen LogP contribution >= 0.6 is 0 Å². The number of ether oxygens (including phenoxy) is 2. The van der Waals surface area contributed by atoms with Gasteiger partial charge in [-0.15, -0.1) is 0 Å². The second-order valence-electron chi connectivity index (χ2n) is 7.39. The molecule has 0 N–H and O–H groups in total. The van der Waals surface area contributed by atoms with Crippen LogP contribution in [0.5, 0.6) is 11.5 Å². The van der Waals surface area contributed by atoms with E-state index >= 15 is 0 Å². The number of amides is 1. The molecule has 1 saturated heterocycles. The molecule has 0 aromatic heterocycles. The number of carbonyl (C=O) groups is 1. The van der Waals surface area contributed by atoms with Crippen LogP contribution in [0, 0.1) is 5.82 Å². The lowest BCUT2D eigenvalue weighted by molar-refractivity contribution is -0.125. The van der Waals surface area contributed by atoms with Gasteiger partial charge in [-0.1, -0.05) is 6.07 Å². The summed E-state index contributed by atoms with van der Waals surface area (Å²) in [6.07, 6.45) is 3.30. The number of alkyl halides is 2. The highest BCUT2D eigenvalue weighted by molar-refractivity contribution is 7.89.